The highest BCUT2D eigenvalue weighted by Gasteiger charge is 2.27. The molecule has 2 rings (SSSR count). The number of nitrogens with zero attached hydrogens (tertiary/aromatic N) is 1. The molecule has 2 aliphatic rings. The molecule has 0 bridgehead atoms. The van der Waals surface area contributed by atoms with E-state index in [-0.39, 0.29) is 17.7 Å². The maximum Gasteiger partial charge on any atom is 0.221 e. The average Bonchev–Trinajstić information content (AvgIpc) is 2.70. The zero-order valence-corrected chi connectivity index (χ0v) is 12.6. The Kier molecular flexibility index (Phi) is 5.49. The molecule has 2 aliphatic heterocycles. The summed E-state index contributed by atoms with van der Waals surface area (Å²) in [7, 11) is -3.05. The molecule has 2 N–H and O–H groups in total. The second-order valence-electron chi connectivity index (χ2n) is 4.85. The first-order valence-electron chi connectivity index (χ1n) is 6.63. The van der Waals surface area contributed by atoms with Crippen molar-refractivity contribution in [2.45, 2.75) is 18.9 Å². The quantitative estimate of drug-likeness (QED) is 0.698. The second-order valence-corrected chi connectivity index (χ2v) is 8.09. The van der Waals surface area contributed by atoms with E-state index in [0.717, 1.165) is 18.1 Å². The van der Waals surface area contributed by atoms with Crippen LogP contribution in [0, 0.1) is 0 Å². The van der Waals surface area contributed by atoms with Gasteiger partial charge >= 0.3 is 0 Å². The molecule has 1 unspecified atom stereocenters. The van der Waals surface area contributed by atoms with Gasteiger partial charge in [0.1, 0.15) is 0 Å². The highest BCUT2D eigenvalue weighted by molar-refractivity contribution is 7.99. The van der Waals surface area contributed by atoms with Crippen LogP contribution in [0.4, 0.5) is 0 Å². The Morgan fingerprint density at radius 2 is 2.32 bits per heavy atom. The molecule has 1 amide bonds. The number of amides is 1. The molecule has 0 aliphatic carbocycles. The highest BCUT2D eigenvalue weighted by atomic mass is 32.2. The van der Waals surface area contributed by atoms with E-state index in [1.165, 1.54) is 4.31 Å². The maximum atomic E-state index is 11.7. The lowest BCUT2D eigenvalue weighted by Crippen LogP contribution is -2.42. The third-order valence-electron chi connectivity index (χ3n) is 3.32. The van der Waals surface area contributed by atoms with Gasteiger partial charge in [-0.3, -0.25) is 4.79 Å². The smallest absolute Gasteiger partial charge is 0.221 e. The van der Waals surface area contributed by atoms with Crippen LogP contribution in [0.3, 0.4) is 0 Å². The number of carbonyl (C=O) groups excluding carboxylic acids is 1. The monoisotopic (exact) mass is 307 g/mol. The standard InChI is InChI=1S/C11H21N3O3S2/c15-11(8-10-9-18-6-3-12-10)13-2-5-14-4-1-7-19(14,16)17/h10,12H,1-9H2,(H,13,15). The summed E-state index contributed by atoms with van der Waals surface area (Å²) >= 11 is 1.86. The summed E-state index contributed by atoms with van der Waals surface area (Å²) in [5.74, 6) is 2.31. The summed E-state index contributed by atoms with van der Waals surface area (Å²) in [6.45, 7) is 2.33. The molecule has 0 spiro atoms. The van der Waals surface area contributed by atoms with E-state index in [1.807, 2.05) is 11.8 Å². The van der Waals surface area contributed by atoms with Crippen molar-refractivity contribution in [2.75, 3.05) is 43.4 Å². The minimum absolute atomic E-state index is 0.00315. The van der Waals surface area contributed by atoms with Crippen LogP contribution >= 0.6 is 11.8 Å². The molecule has 8 heteroatoms. The second kappa shape index (κ2) is 6.92. The molecule has 1 atom stereocenters. The number of rotatable bonds is 5. The van der Waals surface area contributed by atoms with E-state index in [0.29, 0.717) is 32.5 Å². The number of sulfonamides is 1. The molecule has 2 heterocycles. The Morgan fingerprint density at radius 3 is 2.95 bits per heavy atom. The summed E-state index contributed by atoms with van der Waals surface area (Å²) in [6.07, 6.45) is 1.17. The van der Waals surface area contributed by atoms with Gasteiger partial charge in [0.15, 0.2) is 0 Å². The predicted octanol–water partition coefficient (Wildman–Crippen LogP) is -0.767. The summed E-state index contributed by atoms with van der Waals surface area (Å²) in [5, 5.41) is 6.11. The first kappa shape index (κ1) is 15.1. The van der Waals surface area contributed by atoms with Gasteiger partial charge in [-0.1, -0.05) is 0 Å². The molecule has 2 saturated heterocycles. The van der Waals surface area contributed by atoms with Crippen molar-refractivity contribution in [1.82, 2.24) is 14.9 Å². The van der Waals surface area contributed by atoms with Crippen LogP contribution in [0.15, 0.2) is 0 Å². The fourth-order valence-electron chi connectivity index (χ4n) is 2.31. The van der Waals surface area contributed by atoms with E-state index in [9.17, 15) is 13.2 Å². The fraction of sp³-hybridized carbons (Fsp3) is 0.909. The topological polar surface area (TPSA) is 78.5 Å². The molecule has 19 heavy (non-hydrogen) atoms. The van der Waals surface area contributed by atoms with E-state index in [4.69, 9.17) is 0 Å². The number of carbonyl (C=O) groups is 1. The Morgan fingerprint density at radius 1 is 1.47 bits per heavy atom. The minimum atomic E-state index is -3.05. The van der Waals surface area contributed by atoms with Crippen LogP contribution in [0.1, 0.15) is 12.8 Å². The SMILES string of the molecule is O=C(CC1CSCCN1)NCCN1CCCS1(=O)=O. The van der Waals surface area contributed by atoms with Gasteiger partial charge in [-0.05, 0) is 6.42 Å². The first-order valence-corrected chi connectivity index (χ1v) is 9.40. The van der Waals surface area contributed by atoms with Gasteiger partial charge in [-0.2, -0.15) is 11.8 Å². The lowest BCUT2D eigenvalue weighted by Gasteiger charge is -2.22. The molecule has 0 aromatic carbocycles. The fourth-order valence-corrected chi connectivity index (χ4v) is 4.79. The largest absolute Gasteiger partial charge is 0.355 e. The maximum absolute atomic E-state index is 11.7. The Labute approximate surface area is 118 Å². The van der Waals surface area contributed by atoms with E-state index in [2.05, 4.69) is 10.6 Å². The van der Waals surface area contributed by atoms with Gasteiger partial charge in [0, 0.05) is 50.1 Å². The van der Waals surface area contributed by atoms with Crippen molar-refractivity contribution in [3.8, 4) is 0 Å². The average molecular weight is 307 g/mol. The van der Waals surface area contributed by atoms with Gasteiger partial charge in [0.05, 0.1) is 5.75 Å². The van der Waals surface area contributed by atoms with Crippen molar-refractivity contribution in [2.24, 2.45) is 0 Å². The van der Waals surface area contributed by atoms with E-state index < -0.39 is 10.0 Å². The van der Waals surface area contributed by atoms with Crippen LogP contribution in [0.2, 0.25) is 0 Å². The Hall–Kier alpha value is -0.310. The molecular formula is C11H21N3O3S2. The zero-order valence-electron chi connectivity index (χ0n) is 10.9. The lowest BCUT2D eigenvalue weighted by molar-refractivity contribution is -0.121. The first-order chi connectivity index (χ1) is 9.08. The highest BCUT2D eigenvalue weighted by Crippen LogP contribution is 2.12. The van der Waals surface area contributed by atoms with Crippen LogP contribution in [-0.2, 0) is 14.8 Å². The molecule has 0 saturated carbocycles. The number of nitrogens with one attached hydrogen (secondary N) is 2. The molecule has 2 fully saturated rings. The van der Waals surface area contributed by atoms with Crippen molar-refractivity contribution < 1.29 is 13.2 Å². The molecule has 110 valence electrons. The number of hydrogen-bond donors (Lipinski definition) is 2. The van der Waals surface area contributed by atoms with Gasteiger partial charge in [-0.25, -0.2) is 12.7 Å². The van der Waals surface area contributed by atoms with Gasteiger partial charge < -0.3 is 10.6 Å². The molecule has 0 radical (unpaired) electrons. The molecule has 0 aromatic rings. The van der Waals surface area contributed by atoms with Gasteiger partial charge in [0.25, 0.3) is 0 Å². The van der Waals surface area contributed by atoms with E-state index in [1.54, 1.807) is 0 Å². The summed E-state index contributed by atoms with van der Waals surface area (Å²) in [4.78, 5) is 11.7. The van der Waals surface area contributed by atoms with Gasteiger partial charge in [-0.15, -0.1) is 0 Å². The van der Waals surface area contributed by atoms with Crippen LogP contribution in [0.5, 0.6) is 0 Å². The Balaban J connectivity index is 1.63. The number of hydrogen-bond acceptors (Lipinski definition) is 5. The molecular weight excluding hydrogens is 286 g/mol. The minimum Gasteiger partial charge on any atom is -0.355 e. The van der Waals surface area contributed by atoms with Crippen LogP contribution < -0.4 is 10.6 Å². The zero-order chi connectivity index (χ0) is 13.7. The van der Waals surface area contributed by atoms with Crippen LogP contribution in [-0.4, -0.2) is 68.1 Å². The number of thioether (sulfide) groups is 1. The van der Waals surface area contributed by atoms with Crippen molar-refractivity contribution in [1.29, 1.82) is 0 Å². The third kappa shape index (κ3) is 4.62. The van der Waals surface area contributed by atoms with Gasteiger partial charge in [0.2, 0.25) is 15.9 Å². The van der Waals surface area contributed by atoms with Crippen molar-refractivity contribution in [3.05, 3.63) is 0 Å². The molecule has 0 aromatic heterocycles. The summed E-state index contributed by atoms with van der Waals surface area (Å²) in [6, 6.07) is 0.245. The normalized spacial score (nSPS) is 27.3. The third-order valence-corrected chi connectivity index (χ3v) is 6.40. The summed E-state index contributed by atoms with van der Waals surface area (Å²) < 4.78 is 24.6. The van der Waals surface area contributed by atoms with Crippen LogP contribution in [0.25, 0.3) is 0 Å². The lowest BCUT2D eigenvalue weighted by atomic mass is 10.2. The van der Waals surface area contributed by atoms with Crippen molar-refractivity contribution in [3.63, 3.8) is 0 Å². The Bertz CT molecular complexity index is 407. The predicted molar refractivity (Wildman–Crippen MR) is 76.7 cm³/mol. The summed E-state index contributed by atoms with van der Waals surface area (Å²) in [5.41, 5.74) is 0. The van der Waals surface area contributed by atoms with Crippen molar-refractivity contribution >= 4 is 27.7 Å². The molecule has 6 nitrogen and oxygen atoms in total. The van der Waals surface area contributed by atoms with E-state index >= 15 is 0 Å².